The van der Waals surface area contributed by atoms with E-state index in [0.29, 0.717) is 0 Å². The highest BCUT2D eigenvalue weighted by molar-refractivity contribution is 5.46. The lowest BCUT2D eigenvalue weighted by molar-refractivity contribution is 0.770. The molecule has 0 fully saturated rings. The molecule has 1 aromatic heterocycles. The van der Waals surface area contributed by atoms with E-state index in [1.165, 1.54) is 16.8 Å². The van der Waals surface area contributed by atoms with Crippen LogP contribution in [0.5, 0.6) is 0 Å². The zero-order valence-electron chi connectivity index (χ0n) is 11.9. The molecule has 1 atom stereocenters. The van der Waals surface area contributed by atoms with E-state index in [1.807, 2.05) is 19.2 Å². The van der Waals surface area contributed by atoms with Crippen molar-refractivity contribution >= 4 is 5.69 Å². The fraction of sp³-hybridized carbons (Fsp3) is 0.353. The SMILES string of the molecule is CC(N)c1ccc(N2CCc3ccccc3CC2)cn1. The molecule has 2 N–H and O–H groups in total. The highest BCUT2D eigenvalue weighted by Gasteiger charge is 2.14. The van der Waals surface area contributed by atoms with E-state index in [2.05, 4.69) is 40.2 Å². The highest BCUT2D eigenvalue weighted by Crippen LogP contribution is 2.21. The Morgan fingerprint density at radius 1 is 1.05 bits per heavy atom. The Morgan fingerprint density at radius 2 is 1.70 bits per heavy atom. The van der Waals surface area contributed by atoms with Gasteiger partial charge in [-0.3, -0.25) is 4.98 Å². The van der Waals surface area contributed by atoms with Gasteiger partial charge in [-0.1, -0.05) is 24.3 Å². The van der Waals surface area contributed by atoms with Gasteiger partial charge in [0, 0.05) is 19.1 Å². The van der Waals surface area contributed by atoms with E-state index in [0.717, 1.165) is 31.6 Å². The van der Waals surface area contributed by atoms with Gasteiger partial charge in [0.15, 0.2) is 0 Å². The molecule has 0 saturated heterocycles. The second kappa shape index (κ2) is 5.63. The second-order valence-corrected chi connectivity index (χ2v) is 5.49. The van der Waals surface area contributed by atoms with Crippen LogP contribution < -0.4 is 10.6 Å². The minimum Gasteiger partial charge on any atom is -0.370 e. The van der Waals surface area contributed by atoms with Crippen LogP contribution in [-0.2, 0) is 12.8 Å². The molecular weight excluding hydrogens is 246 g/mol. The molecule has 1 aliphatic rings. The van der Waals surface area contributed by atoms with Crippen molar-refractivity contribution in [2.24, 2.45) is 5.73 Å². The van der Waals surface area contributed by atoms with Crippen molar-refractivity contribution in [1.29, 1.82) is 0 Å². The number of hydrogen-bond donors (Lipinski definition) is 1. The van der Waals surface area contributed by atoms with Gasteiger partial charge in [-0.2, -0.15) is 0 Å². The Hall–Kier alpha value is -1.87. The quantitative estimate of drug-likeness (QED) is 0.909. The summed E-state index contributed by atoms with van der Waals surface area (Å²) in [4.78, 5) is 6.88. The molecule has 1 unspecified atom stereocenters. The molecule has 3 heteroatoms. The van der Waals surface area contributed by atoms with Crippen LogP contribution in [0.3, 0.4) is 0 Å². The van der Waals surface area contributed by atoms with E-state index in [-0.39, 0.29) is 6.04 Å². The number of pyridine rings is 1. The number of hydrogen-bond acceptors (Lipinski definition) is 3. The first kappa shape index (κ1) is 13.1. The maximum atomic E-state index is 5.85. The van der Waals surface area contributed by atoms with E-state index >= 15 is 0 Å². The van der Waals surface area contributed by atoms with E-state index < -0.39 is 0 Å². The van der Waals surface area contributed by atoms with Gasteiger partial charge in [-0.05, 0) is 43.0 Å². The molecule has 2 aromatic rings. The Balaban J connectivity index is 1.76. The smallest absolute Gasteiger partial charge is 0.0569 e. The first-order valence-corrected chi connectivity index (χ1v) is 7.27. The molecule has 0 saturated carbocycles. The molecule has 3 rings (SSSR count). The monoisotopic (exact) mass is 267 g/mol. The van der Waals surface area contributed by atoms with Crippen LogP contribution >= 0.6 is 0 Å². The molecule has 2 heterocycles. The lowest BCUT2D eigenvalue weighted by Gasteiger charge is -2.22. The minimum absolute atomic E-state index is 0.00237. The maximum absolute atomic E-state index is 5.85. The number of fused-ring (bicyclic) bond motifs is 1. The van der Waals surface area contributed by atoms with Crippen LogP contribution in [0.25, 0.3) is 0 Å². The number of anilines is 1. The zero-order chi connectivity index (χ0) is 13.9. The molecule has 0 amide bonds. The van der Waals surface area contributed by atoms with Crippen molar-refractivity contribution in [1.82, 2.24) is 4.98 Å². The summed E-state index contributed by atoms with van der Waals surface area (Å²) in [5, 5.41) is 0. The molecule has 0 aliphatic carbocycles. The van der Waals surface area contributed by atoms with E-state index in [1.54, 1.807) is 0 Å². The van der Waals surface area contributed by atoms with E-state index in [9.17, 15) is 0 Å². The highest BCUT2D eigenvalue weighted by atomic mass is 15.1. The number of nitrogens with two attached hydrogens (primary N) is 1. The third-order valence-corrected chi connectivity index (χ3v) is 4.02. The van der Waals surface area contributed by atoms with Gasteiger partial charge in [0.1, 0.15) is 0 Å². The Bertz CT molecular complexity index is 548. The summed E-state index contributed by atoms with van der Waals surface area (Å²) < 4.78 is 0. The summed E-state index contributed by atoms with van der Waals surface area (Å²) in [5.74, 6) is 0. The van der Waals surface area contributed by atoms with Gasteiger partial charge < -0.3 is 10.6 Å². The fourth-order valence-corrected chi connectivity index (χ4v) is 2.78. The summed E-state index contributed by atoms with van der Waals surface area (Å²) in [6.07, 6.45) is 4.16. The number of nitrogens with zero attached hydrogens (tertiary/aromatic N) is 2. The fourth-order valence-electron chi connectivity index (χ4n) is 2.78. The molecule has 1 aliphatic heterocycles. The Morgan fingerprint density at radius 3 is 2.20 bits per heavy atom. The first-order valence-electron chi connectivity index (χ1n) is 7.27. The molecule has 0 radical (unpaired) electrons. The molecular formula is C17H21N3. The third kappa shape index (κ3) is 2.68. The topological polar surface area (TPSA) is 42.1 Å². The second-order valence-electron chi connectivity index (χ2n) is 5.49. The van der Waals surface area contributed by atoms with Gasteiger partial charge in [0.05, 0.1) is 17.6 Å². The number of rotatable bonds is 2. The van der Waals surface area contributed by atoms with Crippen molar-refractivity contribution in [3.8, 4) is 0 Å². The molecule has 104 valence electrons. The van der Waals surface area contributed by atoms with Crippen molar-refractivity contribution in [3.05, 3.63) is 59.4 Å². The van der Waals surface area contributed by atoms with E-state index in [4.69, 9.17) is 5.73 Å². The van der Waals surface area contributed by atoms with Gasteiger partial charge in [0.2, 0.25) is 0 Å². The van der Waals surface area contributed by atoms with Gasteiger partial charge in [0.25, 0.3) is 0 Å². The summed E-state index contributed by atoms with van der Waals surface area (Å²) >= 11 is 0. The van der Waals surface area contributed by atoms with Crippen molar-refractivity contribution in [2.45, 2.75) is 25.8 Å². The standard InChI is InChI=1S/C17H21N3/c1-13(18)17-7-6-16(12-19-17)20-10-8-14-4-2-3-5-15(14)9-11-20/h2-7,12-13H,8-11,18H2,1H3. The largest absolute Gasteiger partial charge is 0.370 e. The third-order valence-electron chi connectivity index (χ3n) is 4.02. The molecule has 1 aromatic carbocycles. The van der Waals surface area contributed by atoms with Crippen LogP contribution in [0, 0.1) is 0 Å². The predicted molar refractivity (Wildman–Crippen MR) is 82.9 cm³/mol. The summed E-state index contributed by atoms with van der Waals surface area (Å²) in [6.45, 7) is 4.07. The molecule has 0 bridgehead atoms. The van der Waals surface area contributed by atoms with Crippen LogP contribution in [0.15, 0.2) is 42.6 Å². The molecule has 0 spiro atoms. The summed E-state index contributed by atoms with van der Waals surface area (Å²) in [5.41, 5.74) is 11.0. The summed E-state index contributed by atoms with van der Waals surface area (Å²) in [6, 6.07) is 12.9. The van der Waals surface area contributed by atoms with Crippen LogP contribution in [0.2, 0.25) is 0 Å². The number of aromatic nitrogens is 1. The lowest BCUT2D eigenvalue weighted by Crippen LogP contribution is -2.26. The Labute approximate surface area is 120 Å². The van der Waals surface area contributed by atoms with Gasteiger partial charge in [-0.15, -0.1) is 0 Å². The predicted octanol–water partition coefficient (Wildman–Crippen LogP) is 2.71. The van der Waals surface area contributed by atoms with Gasteiger partial charge in [-0.25, -0.2) is 0 Å². The average molecular weight is 267 g/mol. The molecule has 20 heavy (non-hydrogen) atoms. The maximum Gasteiger partial charge on any atom is 0.0569 e. The summed E-state index contributed by atoms with van der Waals surface area (Å²) in [7, 11) is 0. The van der Waals surface area contributed by atoms with Crippen molar-refractivity contribution in [2.75, 3.05) is 18.0 Å². The minimum atomic E-state index is -0.00237. The Kier molecular flexibility index (Phi) is 3.70. The van der Waals surface area contributed by atoms with Crippen LogP contribution in [-0.4, -0.2) is 18.1 Å². The first-order chi connectivity index (χ1) is 9.74. The lowest BCUT2D eigenvalue weighted by atomic mass is 10.0. The number of benzene rings is 1. The van der Waals surface area contributed by atoms with Crippen LogP contribution in [0.4, 0.5) is 5.69 Å². The normalized spacial score (nSPS) is 16.4. The van der Waals surface area contributed by atoms with Crippen LogP contribution in [0.1, 0.15) is 29.8 Å². The van der Waals surface area contributed by atoms with Gasteiger partial charge >= 0.3 is 0 Å². The molecule has 3 nitrogen and oxygen atoms in total. The van der Waals surface area contributed by atoms with Crippen molar-refractivity contribution < 1.29 is 0 Å². The average Bonchev–Trinajstić information content (AvgIpc) is 2.70. The van der Waals surface area contributed by atoms with Crippen molar-refractivity contribution in [3.63, 3.8) is 0 Å². The zero-order valence-corrected chi connectivity index (χ0v) is 11.9.